The van der Waals surface area contributed by atoms with Crippen molar-refractivity contribution in [2.24, 2.45) is 5.73 Å². The highest BCUT2D eigenvalue weighted by molar-refractivity contribution is 5.83. The summed E-state index contributed by atoms with van der Waals surface area (Å²) < 4.78 is 5.24. The lowest BCUT2D eigenvalue weighted by atomic mass is 9.96. The molecule has 5 heteroatoms. The summed E-state index contributed by atoms with van der Waals surface area (Å²) >= 11 is 0. The number of ether oxygens (including phenoxy) is 1. The van der Waals surface area contributed by atoms with Gasteiger partial charge in [-0.2, -0.15) is 0 Å². The second-order valence-electron chi connectivity index (χ2n) is 6.10. The summed E-state index contributed by atoms with van der Waals surface area (Å²) in [7, 11) is 0. The first kappa shape index (κ1) is 15.4. The van der Waals surface area contributed by atoms with E-state index >= 15 is 0 Å². The first-order valence-corrected chi connectivity index (χ1v) is 7.13. The van der Waals surface area contributed by atoms with Gasteiger partial charge in [0.25, 0.3) is 0 Å². The van der Waals surface area contributed by atoms with Crippen LogP contribution in [-0.4, -0.2) is 29.8 Å². The van der Waals surface area contributed by atoms with E-state index in [0.717, 1.165) is 16.5 Å². The van der Waals surface area contributed by atoms with Gasteiger partial charge in [0.1, 0.15) is 5.60 Å². The van der Waals surface area contributed by atoms with Crippen LogP contribution in [0.3, 0.4) is 0 Å². The zero-order valence-corrected chi connectivity index (χ0v) is 12.8. The van der Waals surface area contributed by atoms with E-state index in [9.17, 15) is 4.79 Å². The molecule has 0 aliphatic heterocycles. The van der Waals surface area contributed by atoms with Crippen LogP contribution in [0.25, 0.3) is 10.9 Å². The molecule has 4 N–H and O–H groups in total. The van der Waals surface area contributed by atoms with E-state index < -0.39 is 11.7 Å². The second kappa shape index (κ2) is 6.18. The molecule has 114 valence electrons. The van der Waals surface area contributed by atoms with Gasteiger partial charge in [-0.25, -0.2) is 4.79 Å². The van der Waals surface area contributed by atoms with Crippen LogP contribution in [0.4, 0.5) is 4.79 Å². The van der Waals surface area contributed by atoms with Crippen molar-refractivity contribution in [3.8, 4) is 0 Å². The molecule has 1 amide bonds. The maximum Gasteiger partial charge on any atom is 0.407 e. The van der Waals surface area contributed by atoms with Gasteiger partial charge in [0.05, 0.1) is 0 Å². The van der Waals surface area contributed by atoms with Crippen LogP contribution in [0.1, 0.15) is 32.3 Å². The van der Waals surface area contributed by atoms with Crippen LogP contribution in [0.2, 0.25) is 0 Å². The molecule has 5 nitrogen and oxygen atoms in total. The topological polar surface area (TPSA) is 80.1 Å². The van der Waals surface area contributed by atoms with Crippen molar-refractivity contribution in [1.29, 1.82) is 0 Å². The van der Waals surface area contributed by atoms with Crippen molar-refractivity contribution < 1.29 is 9.53 Å². The first-order chi connectivity index (χ1) is 9.90. The maximum atomic E-state index is 11.7. The molecule has 1 unspecified atom stereocenters. The molecule has 1 heterocycles. The predicted molar refractivity (Wildman–Crippen MR) is 84.3 cm³/mol. The first-order valence-electron chi connectivity index (χ1n) is 7.13. The van der Waals surface area contributed by atoms with Crippen LogP contribution < -0.4 is 11.1 Å². The molecule has 0 fully saturated rings. The Hall–Kier alpha value is -2.01. The fourth-order valence-electron chi connectivity index (χ4n) is 2.31. The molecule has 1 aromatic carbocycles. The average molecular weight is 289 g/mol. The molecular formula is C16H23N3O2. The van der Waals surface area contributed by atoms with Crippen molar-refractivity contribution in [1.82, 2.24) is 10.3 Å². The van der Waals surface area contributed by atoms with Crippen molar-refractivity contribution in [3.05, 3.63) is 36.0 Å². The highest BCUT2D eigenvalue weighted by Crippen LogP contribution is 2.24. The van der Waals surface area contributed by atoms with E-state index in [0.29, 0.717) is 13.1 Å². The molecule has 2 rings (SSSR count). The number of hydrogen-bond acceptors (Lipinski definition) is 3. The van der Waals surface area contributed by atoms with Gasteiger partial charge in [-0.05, 0) is 38.5 Å². The van der Waals surface area contributed by atoms with Gasteiger partial charge in [0.15, 0.2) is 0 Å². The number of carbonyl (C=O) groups excluding carboxylic acids is 1. The molecule has 0 saturated heterocycles. The van der Waals surface area contributed by atoms with E-state index in [4.69, 9.17) is 10.5 Å². The zero-order valence-electron chi connectivity index (χ0n) is 12.8. The number of nitrogens with one attached hydrogen (secondary N) is 2. The summed E-state index contributed by atoms with van der Waals surface area (Å²) in [6.45, 7) is 6.43. The molecule has 0 saturated carbocycles. The summed E-state index contributed by atoms with van der Waals surface area (Å²) in [6, 6.07) is 8.09. The number of carbonyl (C=O) groups is 1. The Morgan fingerprint density at radius 1 is 1.38 bits per heavy atom. The maximum absolute atomic E-state index is 11.7. The lowest BCUT2D eigenvalue weighted by molar-refractivity contribution is 0.0525. The highest BCUT2D eigenvalue weighted by Gasteiger charge is 2.18. The van der Waals surface area contributed by atoms with Crippen LogP contribution in [0.15, 0.2) is 30.5 Å². The van der Waals surface area contributed by atoms with Crippen molar-refractivity contribution >= 4 is 17.0 Å². The molecule has 2 aromatic rings. The highest BCUT2D eigenvalue weighted by atomic mass is 16.6. The SMILES string of the molecule is CC(C)(C)OC(=O)NCC(CN)c1cccc2[nH]ccc12. The summed E-state index contributed by atoms with van der Waals surface area (Å²) in [5, 5.41) is 3.93. The predicted octanol–water partition coefficient (Wildman–Crippen LogP) is 2.73. The summed E-state index contributed by atoms with van der Waals surface area (Å²) in [5.74, 6) is 0.0528. The van der Waals surface area contributed by atoms with Gasteiger partial charge in [-0.15, -0.1) is 0 Å². The van der Waals surface area contributed by atoms with Crippen LogP contribution in [-0.2, 0) is 4.74 Å². The van der Waals surface area contributed by atoms with Crippen LogP contribution in [0.5, 0.6) is 0 Å². The van der Waals surface area contributed by atoms with Crippen molar-refractivity contribution in [2.45, 2.75) is 32.3 Å². The molecule has 21 heavy (non-hydrogen) atoms. The van der Waals surface area contributed by atoms with Crippen molar-refractivity contribution in [2.75, 3.05) is 13.1 Å². The third kappa shape index (κ3) is 3.98. The Balaban J connectivity index is 2.07. The number of benzene rings is 1. The smallest absolute Gasteiger partial charge is 0.407 e. The molecular weight excluding hydrogens is 266 g/mol. The minimum Gasteiger partial charge on any atom is -0.444 e. The third-order valence-corrected chi connectivity index (χ3v) is 3.24. The lowest BCUT2D eigenvalue weighted by Gasteiger charge is -2.22. The fraction of sp³-hybridized carbons (Fsp3) is 0.438. The molecule has 0 radical (unpaired) electrons. The monoisotopic (exact) mass is 289 g/mol. The van der Waals surface area contributed by atoms with Crippen LogP contribution in [0, 0.1) is 0 Å². The largest absolute Gasteiger partial charge is 0.444 e. The lowest BCUT2D eigenvalue weighted by Crippen LogP contribution is -2.36. The fourth-order valence-corrected chi connectivity index (χ4v) is 2.31. The molecule has 0 spiro atoms. The zero-order chi connectivity index (χ0) is 15.5. The average Bonchev–Trinajstić information content (AvgIpc) is 2.86. The number of aromatic amines is 1. The summed E-state index contributed by atoms with van der Waals surface area (Å²) in [6.07, 6.45) is 1.49. The Kier molecular flexibility index (Phi) is 4.53. The number of H-pyrrole nitrogens is 1. The van der Waals surface area contributed by atoms with Gasteiger partial charge in [-0.1, -0.05) is 12.1 Å². The number of aromatic nitrogens is 1. The van der Waals surface area contributed by atoms with Gasteiger partial charge in [0.2, 0.25) is 0 Å². The number of alkyl carbamates (subject to hydrolysis) is 1. The quantitative estimate of drug-likeness (QED) is 0.809. The van der Waals surface area contributed by atoms with E-state index in [-0.39, 0.29) is 5.92 Å². The number of nitrogens with two attached hydrogens (primary N) is 1. The third-order valence-electron chi connectivity index (χ3n) is 3.24. The Bertz CT molecular complexity index is 613. The Morgan fingerprint density at radius 3 is 2.81 bits per heavy atom. The molecule has 0 aliphatic rings. The Morgan fingerprint density at radius 2 is 2.14 bits per heavy atom. The summed E-state index contributed by atoms with van der Waals surface area (Å²) in [5.41, 5.74) is 7.58. The van der Waals surface area contributed by atoms with Gasteiger partial charge in [0, 0.05) is 36.1 Å². The summed E-state index contributed by atoms with van der Waals surface area (Å²) in [4.78, 5) is 14.9. The standard InChI is InChI=1S/C16H23N3O2/c1-16(2,3)21-15(20)19-10-11(9-17)12-5-4-6-14-13(12)7-8-18-14/h4-8,11,18H,9-10,17H2,1-3H3,(H,19,20). The van der Waals surface area contributed by atoms with Gasteiger partial charge < -0.3 is 20.8 Å². The number of hydrogen-bond donors (Lipinski definition) is 3. The molecule has 1 atom stereocenters. The second-order valence-corrected chi connectivity index (χ2v) is 6.10. The number of rotatable bonds is 4. The van der Waals surface area contributed by atoms with Gasteiger partial charge in [-0.3, -0.25) is 0 Å². The molecule has 0 aliphatic carbocycles. The number of amides is 1. The van der Waals surface area contributed by atoms with E-state index in [1.165, 1.54) is 0 Å². The van der Waals surface area contributed by atoms with E-state index in [1.807, 2.05) is 51.2 Å². The van der Waals surface area contributed by atoms with E-state index in [1.54, 1.807) is 0 Å². The van der Waals surface area contributed by atoms with Gasteiger partial charge >= 0.3 is 6.09 Å². The number of fused-ring (bicyclic) bond motifs is 1. The molecule has 0 bridgehead atoms. The van der Waals surface area contributed by atoms with Crippen LogP contribution >= 0.6 is 0 Å². The Labute approximate surface area is 124 Å². The van der Waals surface area contributed by atoms with Crippen molar-refractivity contribution in [3.63, 3.8) is 0 Å². The minimum absolute atomic E-state index is 0.0528. The normalized spacial score (nSPS) is 13.1. The molecule has 1 aromatic heterocycles. The van der Waals surface area contributed by atoms with E-state index in [2.05, 4.69) is 10.3 Å². The minimum atomic E-state index is -0.497.